The van der Waals surface area contributed by atoms with Crippen molar-refractivity contribution in [1.29, 1.82) is 0 Å². The van der Waals surface area contributed by atoms with Gasteiger partial charge in [0.2, 0.25) is 10.0 Å². The summed E-state index contributed by atoms with van der Waals surface area (Å²) in [5, 5.41) is 0.0447. The minimum Gasteiger partial charge on any atom is -0.454 e. The summed E-state index contributed by atoms with van der Waals surface area (Å²) in [6, 6.07) is 3.66. The maximum Gasteiger partial charge on any atom is 0.340 e. The fourth-order valence-electron chi connectivity index (χ4n) is 1.37. The van der Waals surface area contributed by atoms with E-state index in [1.54, 1.807) is 20.8 Å². The Labute approximate surface area is 134 Å². The van der Waals surface area contributed by atoms with Crippen LogP contribution in [0.3, 0.4) is 0 Å². The zero-order valence-corrected chi connectivity index (χ0v) is 14.3. The minimum absolute atomic E-state index is 0.0447. The van der Waals surface area contributed by atoms with Crippen molar-refractivity contribution in [3.05, 3.63) is 28.8 Å². The van der Waals surface area contributed by atoms with Gasteiger partial charge in [-0.05, 0) is 25.2 Å². The van der Waals surface area contributed by atoms with Crippen LogP contribution in [0, 0.1) is 5.41 Å². The Balaban J connectivity index is 2.99. The molecule has 0 saturated carbocycles. The highest BCUT2D eigenvalue weighted by molar-refractivity contribution is 7.89. The van der Waals surface area contributed by atoms with Crippen LogP contribution in [0.4, 0.5) is 0 Å². The van der Waals surface area contributed by atoms with Gasteiger partial charge in [0.05, 0.1) is 15.5 Å². The van der Waals surface area contributed by atoms with Crippen molar-refractivity contribution in [3.8, 4) is 0 Å². The molecule has 0 aliphatic heterocycles. The first-order valence-corrected chi connectivity index (χ1v) is 8.28. The standard InChI is InChI=1S/C14H18ClNO5S/c1-14(2,3)12(17)8-21-13(18)10-7-9(5-6-11(10)15)22(19,20)16-4/h5-7,16H,8H2,1-4H3. The first kappa shape index (κ1) is 18.6. The number of ketones is 1. The highest BCUT2D eigenvalue weighted by atomic mass is 35.5. The van der Waals surface area contributed by atoms with E-state index in [1.807, 2.05) is 0 Å². The van der Waals surface area contributed by atoms with E-state index >= 15 is 0 Å². The van der Waals surface area contributed by atoms with Crippen molar-refractivity contribution in [2.75, 3.05) is 13.7 Å². The van der Waals surface area contributed by atoms with Gasteiger partial charge in [-0.3, -0.25) is 4.79 Å². The molecule has 0 aliphatic carbocycles. The number of ether oxygens (including phenoxy) is 1. The summed E-state index contributed by atoms with van der Waals surface area (Å²) in [6.07, 6.45) is 0. The second-order valence-electron chi connectivity index (χ2n) is 5.60. The molecule has 1 aromatic carbocycles. The summed E-state index contributed by atoms with van der Waals surface area (Å²) in [4.78, 5) is 23.6. The molecule has 6 nitrogen and oxygen atoms in total. The van der Waals surface area contributed by atoms with Crippen molar-refractivity contribution in [1.82, 2.24) is 4.72 Å². The molecule has 1 aromatic rings. The monoisotopic (exact) mass is 347 g/mol. The molecule has 0 aliphatic rings. The molecule has 0 heterocycles. The first-order valence-electron chi connectivity index (χ1n) is 6.42. The van der Waals surface area contributed by atoms with Crippen molar-refractivity contribution in [3.63, 3.8) is 0 Å². The fraction of sp³-hybridized carbons (Fsp3) is 0.429. The zero-order chi connectivity index (χ0) is 17.1. The Bertz CT molecular complexity index is 692. The van der Waals surface area contributed by atoms with Crippen LogP contribution in [0.25, 0.3) is 0 Å². The van der Waals surface area contributed by atoms with Gasteiger partial charge < -0.3 is 4.74 Å². The molecule has 0 aromatic heterocycles. The van der Waals surface area contributed by atoms with Crippen LogP contribution in [0.15, 0.2) is 23.1 Å². The molecule has 0 unspecified atom stereocenters. The highest BCUT2D eigenvalue weighted by Gasteiger charge is 2.24. The molecular weight excluding hydrogens is 330 g/mol. The minimum atomic E-state index is -3.71. The summed E-state index contributed by atoms with van der Waals surface area (Å²) in [6.45, 7) is 4.71. The molecule has 0 amide bonds. The van der Waals surface area contributed by atoms with Gasteiger partial charge in [-0.15, -0.1) is 0 Å². The van der Waals surface area contributed by atoms with Gasteiger partial charge in [0.25, 0.3) is 0 Å². The maximum atomic E-state index is 12.0. The van der Waals surface area contributed by atoms with Gasteiger partial charge in [0, 0.05) is 5.41 Å². The number of carbonyl (C=O) groups is 2. The molecule has 1 rings (SSSR count). The van der Waals surface area contributed by atoms with Crippen LogP contribution >= 0.6 is 11.6 Å². The number of benzene rings is 1. The molecule has 8 heteroatoms. The Morgan fingerprint density at radius 3 is 2.36 bits per heavy atom. The number of Topliss-reactive ketones (excluding diaryl/α,β-unsaturated/α-hetero) is 1. The molecule has 122 valence electrons. The quantitative estimate of drug-likeness (QED) is 0.823. The third-order valence-corrected chi connectivity index (χ3v) is 4.65. The molecule has 0 fully saturated rings. The van der Waals surface area contributed by atoms with E-state index in [1.165, 1.54) is 19.2 Å². The van der Waals surface area contributed by atoms with E-state index in [9.17, 15) is 18.0 Å². The van der Waals surface area contributed by atoms with Crippen molar-refractivity contribution in [2.45, 2.75) is 25.7 Å². The normalized spacial score (nSPS) is 12.0. The predicted molar refractivity (Wildman–Crippen MR) is 82.4 cm³/mol. The second-order valence-corrected chi connectivity index (χ2v) is 7.89. The summed E-state index contributed by atoms with van der Waals surface area (Å²) in [5.41, 5.74) is -0.749. The van der Waals surface area contributed by atoms with Gasteiger partial charge >= 0.3 is 5.97 Å². The predicted octanol–water partition coefficient (Wildman–Crippen LogP) is 2.02. The van der Waals surface area contributed by atoms with Crippen molar-refractivity contribution >= 4 is 33.4 Å². The molecule has 1 N–H and O–H groups in total. The number of sulfonamides is 1. The maximum absolute atomic E-state index is 12.0. The van der Waals surface area contributed by atoms with Crippen molar-refractivity contribution < 1.29 is 22.7 Å². The third-order valence-electron chi connectivity index (χ3n) is 2.91. The summed E-state index contributed by atoms with van der Waals surface area (Å²) >= 11 is 5.89. The number of carbonyl (C=O) groups excluding carboxylic acids is 2. The Kier molecular flexibility index (Phi) is 5.72. The van der Waals surface area contributed by atoms with Gasteiger partial charge in [-0.2, -0.15) is 0 Å². The first-order chi connectivity index (χ1) is 9.99. The van der Waals surface area contributed by atoms with Crippen LogP contribution in [0.5, 0.6) is 0 Å². The SMILES string of the molecule is CNS(=O)(=O)c1ccc(Cl)c(C(=O)OCC(=O)C(C)(C)C)c1. The number of halogens is 1. The average molecular weight is 348 g/mol. The molecule has 22 heavy (non-hydrogen) atoms. The van der Waals surface area contributed by atoms with Gasteiger partial charge in [-0.1, -0.05) is 32.4 Å². The lowest BCUT2D eigenvalue weighted by atomic mass is 9.91. The van der Waals surface area contributed by atoms with Crippen molar-refractivity contribution in [2.24, 2.45) is 5.41 Å². The number of esters is 1. The summed E-state index contributed by atoms with van der Waals surface area (Å²) < 4.78 is 30.5. The zero-order valence-electron chi connectivity index (χ0n) is 12.8. The number of hydrogen-bond acceptors (Lipinski definition) is 5. The van der Waals surface area contributed by atoms with Crippen LogP contribution in [-0.4, -0.2) is 33.8 Å². The van der Waals surface area contributed by atoms with E-state index in [4.69, 9.17) is 16.3 Å². The average Bonchev–Trinajstić information content (AvgIpc) is 2.43. The van der Waals surface area contributed by atoms with E-state index in [0.717, 1.165) is 6.07 Å². The summed E-state index contributed by atoms with van der Waals surface area (Å²) in [7, 11) is -2.45. The smallest absolute Gasteiger partial charge is 0.340 e. The van der Waals surface area contributed by atoms with E-state index in [2.05, 4.69) is 4.72 Å². The fourth-order valence-corrected chi connectivity index (χ4v) is 2.32. The van der Waals surface area contributed by atoms with Crippen LogP contribution in [-0.2, 0) is 19.6 Å². The van der Waals surface area contributed by atoms with Crippen LogP contribution in [0.2, 0.25) is 5.02 Å². The van der Waals surface area contributed by atoms with E-state index < -0.39 is 28.0 Å². The lowest BCUT2D eigenvalue weighted by Crippen LogP contribution is -2.26. The largest absolute Gasteiger partial charge is 0.454 e. The lowest BCUT2D eigenvalue weighted by molar-refractivity contribution is -0.129. The van der Waals surface area contributed by atoms with E-state index in [-0.39, 0.29) is 21.3 Å². The molecule has 0 spiro atoms. The van der Waals surface area contributed by atoms with E-state index in [0.29, 0.717) is 0 Å². The topological polar surface area (TPSA) is 89.5 Å². The molecular formula is C14H18ClNO5S. The Hall–Kier alpha value is -1.44. The van der Waals surface area contributed by atoms with Gasteiger partial charge in [-0.25, -0.2) is 17.9 Å². The highest BCUT2D eigenvalue weighted by Crippen LogP contribution is 2.22. The number of hydrogen-bond donors (Lipinski definition) is 1. The molecule has 0 saturated heterocycles. The lowest BCUT2D eigenvalue weighted by Gasteiger charge is -2.16. The summed E-state index contributed by atoms with van der Waals surface area (Å²) in [5.74, 6) is -1.10. The molecule has 0 atom stereocenters. The van der Waals surface area contributed by atoms with Gasteiger partial charge in [0.15, 0.2) is 12.4 Å². The second kappa shape index (κ2) is 6.76. The van der Waals surface area contributed by atoms with Gasteiger partial charge in [0.1, 0.15) is 0 Å². The third kappa shape index (κ3) is 4.53. The Morgan fingerprint density at radius 1 is 1.27 bits per heavy atom. The van der Waals surface area contributed by atoms with Crippen LogP contribution in [0.1, 0.15) is 31.1 Å². The molecule has 0 bridgehead atoms. The number of rotatable bonds is 5. The number of nitrogens with one attached hydrogen (secondary N) is 1. The molecule has 0 radical (unpaired) electrons. The Morgan fingerprint density at radius 2 is 1.86 bits per heavy atom. The van der Waals surface area contributed by atoms with Crippen LogP contribution < -0.4 is 4.72 Å².